The van der Waals surface area contributed by atoms with Crippen LogP contribution in [0.4, 0.5) is 0 Å². The lowest BCUT2D eigenvalue weighted by Crippen LogP contribution is -2.40. The third-order valence-corrected chi connectivity index (χ3v) is 3.55. The molecule has 1 N–H and O–H groups in total. The highest BCUT2D eigenvalue weighted by atomic mass is 32.1. The Morgan fingerprint density at radius 3 is 2.63 bits per heavy atom. The maximum Gasteiger partial charge on any atom is 0.263 e. The van der Waals surface area contributed by atoms with Crippen molar-refractivity contribution in [3.8, 4) is 10.7 Å². The summed E-state index contributed by atoms with van der Waals surface area (Å²) >= 11 is 1.38. The molecule has 0 atom stereocenters. The zero-order valence-electron chi connectivity index (χ0n) is 11.5. The highest BCUT2D eigenvalue weighted by Crippen LogP contribution is 2.26. The quantitative estimate of drug-likeness (QED) is 0.916. The summed E-state index contributed by atoms with van der Waals surface area (Å²) < 4.78 is 0. The Bertz CT molecular complexity index is 584. The van der Waals surface area contributed by atoms with Crippen LogP contribution in [0.3, 0.4) is 0 Å². The molecular weight excluding hydrogens is 258 g/mol. The van der Waals surface area contributed by atoms with Crippen LogP contribution in [0, 0.1) is 6.92 Å². The Kier molecular flexibility index (Phi) is 3.66. The zero-order valence-corrected chi connectivity index (χ0v) is 12.3. The number of pyridine rings is 1. The minimum Gasteiger partial charge on any atom is -0.347 e. The average molecular weight is 275 g/mol. The summed E-state index contributed by atoms with van der Waals surface area (Å²) in [6, 6.07) is 5.66. The van der Waals surface area contributed by atoms with Crippen LogP contribution in [0.25, 0.3) is 10.7 Å². The third kappa shape index (κ3) is 3.38. The lowest BCUT2D eigenvalue weighted by Gasteiger charge is -2.19. The van der Waals surface area contributed by atoms with Crippen LogP contribution in [0.1, 0.15) is 36.1 Å². The maximum atomic E-state index is 12.2. The molecule has 0 radical (unpaired) electrons. The van der Waals surface area contributed by atoms with E-state index in [1.165, 1.54) is 11.3 Å². The molecule has 0 unspecified atom stereocenters. The molecule has 4 nitrogen and oxygen atoms in total. The second kappa shape index (κ2) is 5.09. The van der Waals surface area contributed by atoms with Gasteiger partial charge in [0, 0.05) is 11.7 Å². The number of aromatic nitrogens is 2. The number of carbonyl (C=O) groups is 1. The monoisotopic (exact) mass is 275 g/mol. The van der Waals surface area contributed by atoms with Gasteiger partial charge in [0.1, 0.15) is 9.88 Å². The molecule has 1 amide bonds. The molecule has 0 bridgehead atoms. The molecule has 0 aliphatic rings. The summed E-state index contributed by atoms with van der Waals surface area (Å²) in [6.07, 6.45) is 1.72. The normalized spacial score (nSPS) is 11.4. The SMILES string of the molecule is Cc1nc(-c2ccccn2)sc1C(=O)NC(C)(C)C. The van der Waals surface area contributed by atoms with Crippen LogP contribution in [0.15, 0.2) is 24.4 Å². The van der Waals surface area contributed by atoms with Crippen molar-refractivity contribution < 1.29 is 4.79 Å². The maximum absolute atomic E-state index is 12.2. The van der Waals surface area contributed by atoms with Gasteiger partial charge in [0.05, 0.1) is 11.4 Å². The highest BCUT2D eigenvalue weighted by Gasteiger charge is 2.20. The minimum absolute atomic E-state index is 0.0790. The zero-order chi connectivity index (χ0) is 14.0. The number of nitrogens with one attached hydrogen (secondary N) is 1. The van der Waals surface area contributed by atoms with Gasteiger partial charge in [0.15, 0.2) is 0 Å². The van der Waals surface area contributed by atoms with Crippen LogP contribution in [0.5, 0.6) is 0 Å². The standard InChI is InChI=1S/C14H17N3OS/c1-9-11(12(18)17-14(2,3)4)19-13(16-9)10-7-5-6-8-15-10/h5-8H,1-4H3,(H,17,18). The minimum atomic E-state index is -0.251. The number of aryl methyl sites for hydroxylation is 1. The first-order valence-corrected chi connectivity index (χ1v) is 6.90. The summed E-state index contributed by atoms with van der Waals surface area (Å²) in [5.74, 6) is -0.0790. The summed E-state index contributed by atoms with van der Waals surface area (Å²) in [5, 5.41) is 3.73. The predicted molar refractivity (Wildman–Crippen MR) is 77.3 cm³/mol. The summed E-state index contributed by atoms with van der Waals surface area (Å²) in [6.45, 7) is 7.73. The van der Waals surface area contributed by atoms with E-state index >= 15 is 0 Å². The topological polar surface area (TPSA) is 54.9 Å². The molecule has 5 heteroatoms. The molecule has 2 aromatic heterocycles. The number of carbonyl (C=O) groups excluding carboxylic acids is 1. The van der Waals surface area contributed by atoms with Crippen molar-refractivity contribution in [3.05, 3.63) is 35.0 Å². The molecule has 19 heavy (non-hydrogen) atoms. The molecule has 0 saturated carbocycles. The molecule has 0 spiro atoms. The average Bonchev–Trinajstić information content (AvgIpc) is 2.70. The Morgan fingerprint density at radius 1 is 1.32 bits per heavy atom. The second-order valence-electron chi connectivity index (χ2n) is 5.35. The van der Waals surface area contributed by atoms with E-state index in [9.17, 15) is 4.79 Å². The van der Waals surface area contributed by atoms with Crippen LogP contribution >= 0.6 is 11.3 Å². The Morgan fingerprint density at radius 2 is 2.05 bits per heavy atom. The van der Waals surface area contributed by atoms with Gasteiger partial charge in [-0.1, -0.05) is 6.07 Å². The summed E-state index contributed by atoms with van der Waals surface area (Å²) in [5.41, 5.74) is 1.29. The number of hydrogen-bond donors (Lipinski definition) is 1. The smallest absolute Gasteiger partial charge is 0.263 e. The van der Waals surface area contributed by atoms with E-state index in [-0.39, 0.29) is 11.4 Å². The first kappa shape index (κ1) is 13.7. The fraction of sp³-hybridized carbons (Fsp3) is 0.357. The molecule has 2 aromatic rings. The van der Waals surface area contributed by atoms with Crippen molar-refractivity contribution >= 4 is 17.2 Å². The van der Waals surface area contributed by atoms with E-state index < -0.39 is 0 Å². The largest absolute Gasteiger partial charge is 0.347 e. The summed E-state index contributed by atoms with van der Waals surface area (Å²) in [4.78, 5) is 21.5. The summed E-state index contributed by atoms with van der Waals surface area (Å²) in [7, 11) is 0. The molecule has 0 fully saturated rings. The van der Waals surface area contributed by atoms with Gasteiger partial charge in [0.2, 0.25) is 0 Å². The Hall–Kier alpha value is -1.75. The third-order valence-electron chi connectivity index (χ3n) is 2.38. The Balaban J connectivity index is 2.30. The van der Waals surface area contributed by atoms with Gasteiger partial charge in [-0.25, -0.2) is 4.98 Å². The molecule has 0 aliphatic carbocycles. The van der Waals surface area contributed by atoms with Crippen molar-refractivity contribution in [2.24, 2.45) is 0 Å². The molecule has 2 rings (SSSR count). The van der Waals surface area contributed by atoms with Crippen LogP contribution in [0.2, 0.25) is 0 Å². The fourth-order valence-electron chi connectivity index (χ4n) is 1.60. The lowest BCUT2D eigenvalue weighted by molar-refractivity contribution is 0.0923. The van der Waals surface area contributed by atoms with Crippen molar-refractivity contribution in [1.29, 1.82) is 0 Å². The van der Waals surface area contributed by atoms with Crippen molar-refractivity contribution in [2.45, 2.75) is 33.2 Å². The first-order chi connectivity index (χ1) is 8.87. The Labute approximate surface area is 116 Å². The van der Waals surface area contributed by atoms with E-state index in [1.807, 2.05) is 45.9 Å². The van der Waals surface area contributed by atoms with Crippen molar-refractivity contribution in [2.75, 3.05) is 0 Å². The van der Waals surface area contributed by atoms with E-state index in [4.69, 9.17) is 0 Å². The van der Waals surface area contributed by atoms with Gasteiger partial charge in [-0.2, -0.15) is 0 Å². The van der Waals surface area contributed by atoms with E-state index in [0.717, 1.165) is 16.4 Å². The van der Waals surface area contributed by atoms with Gasteiger partial charge >= 0.3 is 0 Å². The number of thiazole rings is 1. The van der Waals surface area contributed by atoms with Gasteiger partial charge in [-0.15, -0.1) is 11.3 Å². The van der Waals surface area contributed by atoms with Crippen molar-refractivity contribution in [1.82, 2.24) is 15.3 Å². The molecule has 0 aliphatic heterocycles. The highest BCUT2D eigenvalue weighted by molar-refractivity contribution is 7.17. The van der Waals surface area contributed by atoms with Crippen LogP contribution < -0.4 is 5.32 Å². The lowest BCUT2D eigenvalue weighted by atomic mass is 10.1. The van der Waals surface area contributed by atoms with Crippen LogP contribution in [-0.4, -0.2) is 21.4 Å². The molecular formula is C14H17N3OS. The fourth-order valence-corrected chi connectivity index (χ4v) is 2.54. The second-order valence-corrected chi connectivity index (χ2v) is 6.35. The van der Waals surface area contributed by atoms with Gasteiger partial charge in [-0.3, -0.25) is 9.78 Å². The molecule has 100 valence electrons. The predicted octanol–water partition coefficient (Wildman–Crippen LogP) is 3.04. The van der Waals surface area contributed by atoms with Gasteiger partial charge in [-0.05, 0) is 39.8 Å². The molecule has 0 saturated heterocycles. The van der Waals surface area contributed by atoms with Gasteiger partial charge < -0.3 is 5.32 Å². The number of amides is 1. The molecule has 0 aromatic carbocycles. The van der Waals surface area contributed by atoms with Crippen LogP contribution in [-0.2, 0) is 0 Å². The van der Waals surface area contributed by atoms with E-state index in [0.29, 0.717) is 4.88 Å². The van der Waals surface area contributed by atoms with E-state index in [2.05, 4.69) is 15.3 Å². The number of hydrogen-bond acceptors (Lipinski definition) is 4. The van der Waals surface area contributed by atoms with Crippen molar-refractivity contribution in [3.63, 3.8) is 0 Å². The first-order valence-electron chi connectivity index (χ1n) is 6.08. The number of rotatable bonds is 2. The molecule has 2 heterocycles. The number of nitrogens with zero attached hydrogens (tertiary/aromatic N) is 2. The van der Waals surface area contributed by atoms with Gasteiger partial charge in [0.25, 0.3) is 5.91 Å². The van der Waals surface area contributed by atoms with E-state index in [1.54, 1.807) is 6.20 Å².